The van der Waals surface area contributed by atoms with E-state index in [1.165, 1.54) is 31.2 Å². The van der Waals surface area contributed by atoms with E-state index in [1.807, 2.05) is 12.3 Å². The van der Waals surface area contributed by atoms with E-state index in [0.717, 1.165) is 5.82 Å². The Hall–Kier alpha value is -1.05. The Balaban J connectivity index is 2.13. The van der Waals surface area contributed by atoms with Gasteiger partial charge in [-0.2, -0.15) is 0 Å². The molecule has 0 spiro atoms. The molecular weight excluding hydrogens is 172 g/mol. The highest BCUT2D eigenvalue weighted by molar-refractivity contribution is 5.45. The van der Waals surface area contributed by atoms with Crippen LogP contribution in [0.4, 0.5) is 5.82 Å². The molecule has 0 bridgehead atoms. The molecule has 1 heterocycles. The van der Waals surface area contributed by atoms with Gasteiger partial charge in [-0.15, -0.1) is 0 Å². The van der Waals surface area contributed by atoms with E-state index in [0.29, 0.717) is 5.54 Å². The first-order valence-electron chi connectivity index (χ1n) is 5.45. The van der Waals surface area contributed by atoms with Crippen LogP contribution < -0.4 is 5.32 Å². The lowest BCUT2D eigenvalue weighted by molar-refractivity contribution is 0.268. The summed E-state index contributed by atoms with van der Waals surface area (Å²) >= 11 is 0. The molecule has 0 radical (unpaired) electrons. The summed E-state index contributed by atoms with van der Waals surface area (Å²) in [5.41, 5.74) is 1.59. The van der Waals surface area contributed by atoms with Crippen LogP contribution in [-0.4, -0.2) is 10.5 Å². The molecule has 1 aliphatic rings. The fraction of sp³-hybridized carbons (Fsp3) is 0.583. The van der Waals surface area contributed by atoms with E-state index in [4.69, 9.17) is 0 Å². The molecule has 0 aliphatic heterocycles. The summed E-state index contributed by atoms with van der Waals surface area (Å²) in [4.78, 5) is 4.38. The van der Waals surface area contributed by atoms with Crippen LogP contribution in [0.15, 0.2) is 18.3 Å². The molecule has 1 N–H and O–H groups in total. The third kappa shape index (κ3) is 1.61. The second-order valence-corrected chi connectivity index (χ2v) is 4.28. The van der Waals surface area contributed by atoms with Gasteiger partial charge in [-0.1, -0.05) is 13.0 Å². The number of anilines is 1. The van der Waals surface area contributed by atoms with Crippen molar-refractivity contribution in [3.63, 3.8) is 0 Å². The second kappa shape index (κ2) is 3.60. The quantitative estimate of drug-likeness (QED) is 0.792. The van der Waals surface area contributed by atoms with Gasteiger partial charge in [0.2, 0.25) is 0 Å². The number of nitrogens with zero attached hydrogens (tertiary/aromatic N) is 1. The molecular formula is C12H18N2. The lowest BCUT2D eigenvalue weighted by atomic mass is 9.75. The Morgan fingerprint density at radius 2 is 2.29 bits per heavy atom. The highest BCUT2D eigenvalue weighted by Crippen LogP contribution is 2.37. The minimum atomic E-state index is 0.346. The van der Waals surface area contributed by atoms with Crippen LogP contribution in [0.2, 0.25) is 0 Å². The second-order valence-electron chi connectivity index (χ2n) is 4.28. The molecule has 0 atom stereocenters. The summed E-state index contributed by atoms with van der Waals surface area (Å²) in [5.74, 6) is 1.06. The van der Waals surface area contributed by atoms with Gasteiger partial charge in [0.15, 0.2) is 0 Å². The Kier molecular flexibility index (Phi) is 2.44. The fourth-order valence-electron chi connectivity index (χ4n) is 2.04. The zero-order valence-corrected chi connectivity index (χ0v) is 9.01. The predicted molar refractivity (Wildman–Crippen MR) is 59.5 cm³/mol. The van der Waals surface area contributed by atoms with Gasteiger partial charge in [0.25, 0.3) is 0 Å². The number of pyridine rings is 1. The Morgan fingerprint density at radius 3 is 2.79 bits per heavy atom. The maximum absolute atomic E-state index is 4.38. The van der Waals surface area contributed by atoms with Crippen LogP contribution in [0.25, 0.3) is 0 Å². The molecule has 2 rings (SSSR count). The maximum Gasteiger partial charge on any atom is 0.129 e. The molecule has 0 aromatic carbocycles. The van der Waals surface area contributed by atoms with Crippen molar-refractivity contribution >= 4 is 5.82 Å². The lowest BCUT2D eigenvalue weighted by Gasteiger charge is -2.42. The molecule has 1 fully saturated rings. The first-order valence-corrected chi connectivity index (χ1v) is 5.45. The predicted octanol–water partition coefficient (Wildman–Crippen LogP) is 3.13. The van der Waals surface area contributed by atoms with E-state index in [9.17, 15) is 0 Å². The van der Waals surface area contributed by atoms with Crippen molar-refractivity contribution in [3.05, 3.63) is 23.9 Å². The highest BCUT2D eigenvalue weighted by atomic mass is 15.1. The van der Waals surface area contributed by atoms with Gasteiger partial charge in [-0.25, -0.2) is 4.98 Å². The minimum Gasteiger partial charge on any atom is -0.364 e. The van der Waals surface area contributed by atoms with Crippen LogP contribution in [0.3, 0.4) is 0 Å². The van der Waals surface area contributed by atoms with Gasteiger partial charge in [0.05, 0.1) is 0 Å². The molecule has 1 aliphatic carbocycles. The van der Waals surface area contributed by atoms with E-state index in [1.54, 1.807) is 0 Å². The normalized spacial score (nSPS) is 18.7. The van der Waals surface area contributed by atoms with Crippen LogP contribution >= 0.6 is 0 Å². The summed E-state index contributed by atoms with van der Waals surface area (Å²) in [6.07, 6.45) is 6.99. The summed E-state index contributed by atoms with van der Waals surface area (Å²) in [6.45, 7) is 4.36. The number of aromatic nitrogens is 1. The number of hydrogen-bond acceptors (Lipinski definition) is 2. The molecule has 2 nitrogen and oxygen atoms in total. The smallest absolute Gasteiger partial charge is 0.129 e. The Morgan fingerprint density at radius 1 is 1.50 bits per heavy atom. The molecule has 1 saturated carbocycles. The first kappa shape index (κ1) is 9.50. The monoisotopic (exact) mass is 190 g/mol. The van der Waals surface area contributed by atoms with Gasteiger partial charge in [-0.05, 0) is 44.2 Å². The largest absolute Gasteiger partial charge is 0.364 e. The van der Waals surface area contributed by atoms with Crippen molar-refractivity contribution in [2.24, 2.45) is 0 Å². The van der Waals surface area contributed by atoms with Gasteiger partial charge in [0.1, 0.15) is 5.82 Å². The van der Waals surface area contributed by atoms with Crippen LogP contribution in [-0.2, 0) is 0 Å². The molecule has 1 aromatic heterocycles. The van der Waals surface area contributed by atoms with E-state index in [-0.39, 0.29) is 0 Å². The molecule has 2 heteroatoms. The van der Waals surface area contributed by atoms with Crippen molar-refractivity contribution in [1.82, 2.24) is 4.98 Å². The highest BCUT2D eigenvalue weighted by Gasteiger charge is 2.35. The maximum atomic E-state index is 4.38. The number of nitrogens with one attached hydrogen (secondary N) is 1. The van der Waals surface area contributed by atoms with E-state index >= 15 is 0 Å². The van der Waals surface area contributed by atoms with Gasteiger partial charge in [0, 0.05) is 11.7 Å². The van der Waals surface area contributed by atoms with Crippen LogP contribution in [0.5, 0.6) is 0 Å². The van der Waals surface area contributed by atoms with Crippen LogP contribution in [0.1, 0.15) is 38.2 Å². The molecule has 1 aromatic rings. The average Bonchev–Trinajstić information content (AvgIpc) is 2.14. The molecule has 14 heavy (non-hydrogen) atoms. The average molecular weight is 190 g/mol. The Labute approximate surface area is 85.7 Å². The fourth-order valence-corrected chi connectivity index (χ4v) is 2.04. The van der Waals surface area contributed by atoms with Crippen LogP contribution in [0, 0.1) is 6.92 Å². The SMILES string of the molecule is CCC1(Nc2ncccc2C)CCC1. The van der Waals surface area contributed by atoms with Crippen molar-refractivity contribution in [1.29, 1.82) is 0 Å². The first-order chi connectivity index (χ1) is 6.76. The van der Waals surface area contributed by atoms with Gasteiger partial charge >= 0.3 is 0 Å². The molecule has 0 saturated heterocycles. The number of aryl methyl sites for hydroxylation is 1. The zero-order chi connectivity index (χ0) is 10.0. The van der Waals surface area contributed by atoms with Gasteiger partial charge in [-0.3, -0.25) is 0 Å². The third-order valence-electron chi connectivity index (χ3n) is 3.38. The van der Waals surface area contributed by atoms with E-state index in [2.05, 4.69) is 30.2 Å². The summed E-state index contributed by atoms with van der Waals surface area (Å²) in [5, 5.41) is 3.60. The number of hydrogen-bond donors (Lipinski definition) is 1. The van der Waals surface area contributed by atoms with Crippen molar-refractivity contribution < 1.29 is 0 Å². The topological polar surface area (TPSA) is 24.9 Å². The molecule has 0 unspecified atom stereocenters. The summed E-state index contributed by atoms with van der Waals surface area (Å²) in [7, 11) is 0. The minimum absolute atomic E-state index is 0.346. The van der Waals surface area contributed by atoms with Crippen molar-refractivity contribution in [2.75, 3.05) is 5.32 Å². The van der Waals surface area contributed by atoms with Crippen molar-refractivity contribution in [2.45, 2.75) is 45.1 Å². The number of rotatable bonds is 3. The summed E-state index contributed by atoms with van der Waals surface area (Å²) < 4.78 is 0. The third-order valence-corrected chi connectivity index (χ3v) is 3.38. The van der Waals surface area contributed by atoms with Crippen molar-refractivity contribution in [3.8, 4) is 0 Å². The lowest BCUT2D eigenvalue weighted by Crippen LogP contribution is -2.44. The van der Waals surface area contributed by atoms with Gasteiger partial charge < -0.3 is 5.32 Å². The Bertz CT molecular complexity index is 310. The van der Waals surface area contributed by atoms with E-state index < -0.39 is 0 Å². The molecule has 76 valence electrons. The summed E-state index contributed by atoms with van der Waals surface area (Å²) in [6, 6.07) is 4.09. The molecule has 0 amide bonds. The standard InChI is InChI=1S/C12H18N2/c1-3-12(7-5-8-12)14-11-10(2)6-4-9-13-11/h4,6,9H,3,5,7-8H2,1-2H3,(H,13,14). The zero-order valence-electron chi connectivity index (χ0n) is 9.01.